The van der Waals surface area contributed by atoms with E-state index in [4.69, 9.17) is 4.52 Å². The van der Waals surface area contributed by atoms with Gasteiger partial charge in [-0.2, -0.15) is 0 Å². The summed E-state index contributed by atoms with van der Waals surface area (Å²) in [5.74, 6) is 1.52. The Morgan fingerprint density at radius 3 is 2.71 bits per heavy atom. The first-order valence-electron chi connectivity index (χ1n) is 6.95. The van der Waals surface area contributed by atoms with Crippen molar-refractivity contribution in [2.75, 3.05) is 6.54 Å². The Morgan fingerprint density at radius 2 is 2.14 bits per heavy atom. The van der Waals surface area contributed by atoms with Crippen LogP contribution in [0.4, 0.5) is 0 Å². The monoisotopic (exact) mass is 307 g/mol. The van der Waals surface area contributed by atoms with Gasteiger partial charge in [-0.05, 0) is 27.7 Å². The molecule has 2 N–H and O–H groups in total. The van der Waals surface area contributed by atoms with Crippen LogP contribution in [-0.2, 0) is 13.1 Å². The van der Waals surface area contributed by atoms with Gasteiger partial charge in [0.05, 0.1) is 22.9 Å². The van der Waals surface area contributed by atoms with E-state index in [0.717, 1.165) is 41.2 Å². The van der Waals surface area contributed by atoms with Crippen LogP contribution in [0.2, 0.25) is 0 Å². The zero-order valence-electron chi connectivity index (χ0n) is 12.9. The van der Waals surface area contributed by atoms with E-state index in [2.05, 4.69) is 25.8 Å². The van der Waals surface area contributed by atoms with Crippen molar-refractivity contribution < 1.29 is 4.52 Å². The molecule has 6 nitrogen and oxygen atoms in total. The lowest BCUT2D eigenvalue weighted by molar-refractivity contribution is 0.381. The third kappa shape index (κ3) is 4.56. The standard InChI is InChI=1S/C14H21N5OS/c1-5-15-14(16-7-12-6-9(2)19-20-12)17-8-13-10(3)18-11(4)21-13/h6H,5,7-8H2,1-4H3,(H2,15,16,17). The van der Waals surface area contributed by atoms with Gasteiger partial charge in [0.2, 0.25) is 0 Å². The van der Waals surface area contributed by atoms with E-state index >= 15 is 0 Å². The molecule has 0 saturated heterocycles. The van der Waals surface area contributed by atoms with Crippen LogP contribution in [0.25, 0.3) is 0 Å². The number of rotatable bonds is 5. The zero-order chi connectivity index (χ0) is 15.2. The van der Waals surface area contributed by atoms with Crippen molar-refractivity contribution >= 4 is 17.3 Å². The predicted molar refractivity (Wildman–Crippen MR) is 84.5 cm³/mol. The van der Waals surface area contributed by atoms with Gasteiger partial charge >= 0.3 is 0 Å². The van der Waals surface area contributed by atoms with Gasteiger partial charge in [-0.25, -0.2) is 9.98 Å². The molecule has 0 unspecified atom stereocenters. The summed E-state index contributed by atoms with van der Waals surface area (Å²) in [6.45, 7) is 9.99. The van der Waals surface area contributed by atoms with Crippen molar-refractivity contribution in [1.82, 2.24) is 20.8 Å². The van der Waals surface area contributed by atoms with Crippen LogP contribution in [0.15, 0.2) is 15.6 Å². The van der Waals surface area contributed by atoms with Gasteiger partial charge in [-0.1, -0.05) is 5.16 Å². The molecule has 114 valence electrons. The number of hydrogen-bond acceptors (Lipinski definition) is 5. The lowest BCUT2D eigenvalue weighted by Gasteiger charge is -2.10. The first kappa shape index (κ1) is 15.5. The number of nitrogens with one attached hydrogen (secondary N) is 2. The summed E-state index contributed by atoms with van der Waals surface area (Å²) in [6, 6.07) is 1.89. The molecule has 2 aromatic heterocycles. The largest absolute Gasteiger partial charge is 0.359 e. The Hall–Kier alpha value is -1.89. The molecule has 0 bridgehead atoms. The zero-order valence-corrected chi connectivity index (χ0v) is 13.7. The minimum Gasteiger partial charge on any atom is -0.359 e. The maximum atomic E-state index is 5.16. The average Bonchev–Trinajstić information content (AvgIpc) is 2.99. The van der Waals surface area contributed by atoms with Gasteiger partial charge in [0.25, 0.3) is 0 Å². The molecule has 2 heterocycles. The fourth-order valence-corrected chi connectivity index (χ4v) is 2.77. The Labute approximate surface area is 128 Å². The number of nitrogens with zero attached hydrogens (tertiary/aromatic N) is 3. The molecule has 0 spiro atoms. The molecular weight excluding hydrogens is 286 g/mol. The molecule has 2 aromatic rings. The first-order valence-corrected chi connectivity index (χ1v) is 7.77. The van der Waals surface area contributed by atoms with Gasteiger partial charge in [-0.3, -0.25) is 0 Å². The molecule has 0 atom stereocenters. The minimum atomic E-state index is 0.469. The first-order chi connectivity index (χ1) is 10.1. The number of hydrogen-bond donors (Lipinski definition) is 2. The van der Waals surface area contributed by atoms with Crippen molar-refractivity contribution in [3.05, 3.63) is 33.1 Å². The van der Waals surface area contributed by atoms with E-state index in [-0.39, 0.29) is 0 Å². The fourth-order valence-electron chi connectivity index (χ4n) is 1.89. The summed E-state index contributed by atoms with van der Waals surface area (Å²) in [7, 11) is 0. The van der Waals surface area contributed by atoms with E-state index < -0.39 is 0 Å². The van der Waals surface area contributed by atoms with Crippen molar-refractivity contribution in [3.63, 3.8) is 0 Å². The number of aliphatic imine (C=N–C) groups is 1. The molecule has 2 rings (SSSR count). The topological polar surface area (TPSA) is 75.3 Å². The molecule has 21 heavy (non-hydrogen) atoms. The molecule has 0 aliphatic heterocycles. The summed E-state index contributed by atoms with van der Waals surface area (Å²) < 4.78 is 5.16. The lowest BCUT2D eigenvalue weighted by Crippen LogP contribution is -2.36. The van der Waals surface area contributed by atoms with E-state index in [1.807, 2.05) is 33.8 Å². The summed E-state index contributed by atoms with van der Waals surface area (Å²) in [6.07, 6.45) is 0. The van der Waals surface area contributed by atoms with Crippen molar-refractivity contribution in [2.45, 2.75) is 40.8 Å². The molecule has 0 aromatic carbocycles. The summed E-state index contributed by atoms with van der Waals surface area (Å²) in [5.41, 5.74) is 1.95. The van der Waals surface area contributed by atoms with Crippen LogP contribution in [-0.4, -0.2) is 22.6 Å². The highest BCUT2D eigenvalue weighted by Crippen LogP contribution is 2.16. The molecule has 7 heteroatoms. The summed E-state index contributed by atoms with van der Waals surface area (Å²) in [4.78, 5) is 10.1. The highest BCUT2D eigenvalue weighted by molar-refractivity contribution is 7.11. The second-order valence-electron chi connectivity index (χ2n) is 4.72. The highest BCUT2D eigenvalue weighted by Gasteiger charge is 2.06. The smallest absolute Gasteiger partial charge is 0.191 e. The molecule has 0 saturated carbocycles. The summed E-state index contributed by atoms with van der Waals surface area (Å²) in [5, 5.41) is 11.5. The van der Waals surface area contributed by atoms with Crippen LogP contribution >= 0.6 is 11.3 Å². The Morgan fingerprint density at radius 1 is 1.33 bits per heavy atom. The number of thiazole rings is 1. The molecule has 0 fully saturated rings. The highest BCUT2D eigenvalue weighted by atomic mass is 32.1. The molecule has 0 aliphatic carbocycles. The summed E-state index contributed by atoms with van der Waals surface area (Å²) >= 11 is 1.71. The van der Waals surface area contributed by atoms with Crippen molar-refractivity contribution in [1.29, 1.82) is 0 Å². The van der Waals surface area contributed by atoms with Gasteiger partial charge in [0.15, 0.2) is 11.7 Å². The normalized spacial score (nSPS) is 11.7. The van der Waals surface area contributed by atoms with E-state index in [1.165, 1.54) is 4.88 Å². The molecule has 0 aliphatic rings. The number of guanidine groups is 1. The average molecular weight is 307 g/mol. The van der Waals surface area contributed by atoms with E-state index in [9.17, 15) is 0 Å². The Bertz CT molecular complexity index is 617. The van der Waals surface area contributed by atoms with E-state index in [0.29, 0.717) is 6.54 Å². The third-order valence-corrected chi connectivity index (χ3v) is 3.90. The van der Waals surface area contributed by atoms with Crippen LogP contribution in [0, 0.1) is 20.8 Å². The van der Waals surface area contributed by atoms with Crippen molar-refractivity contribution in [2.24, 2.45) is 4.99 Å². The molecular formula is C14H21N5OS. The maximum absolute atomic E-state index is 5.16. The third-order valence-electron chi connectivity index (χ3n) is 2.83. The number of aromatic nitrogens is 2. The van der Waals surface area contributed by atoms with E-state index in [1.54, 1.807) is 11.3 Å². The van der Waals surface area contributed by atoms with Crippen LogP contribution in [0.3, 0.4) is 0 Å². The Balaban J connectivity index is 1.96. The van der Waals surface area contributed by atoms with Crippen molar-refractivity contribution in [3.8, 4) is 0 Å². The van der Waals surface area contributed by atoms with Gasteiger partial charge in [0.1, 0.15) is 6.54 Å². The minimum absolute atomic E-state index is 0.469. The van der Waals surface area contributed by atoms with Gasteiger partial charge < -0.3 is 15.2 Å². The second-order valence-corrected chi connectivity index (χ2v) is 6.01. The van der Waals surface area contributed by atoms with Crippen LogP contribution in [0.5, 0.6) is 0 Å². The maximum Gasteiger partial charge on any atom is 0.191 e. The molecule has 0 radical (unpaired) electrons. The fraction of sp³-hybridized carbons (Fsp3) is 0.500. The second kappa shape index (κ2) is 7.21. The lowest BCUT2D eigenvalue weighted by atomic mass is 10.4. The van der Waals surface area contributed by atoms with Crippen LogP contribution < -0.4 is 10.6 Å². The quantitative estimate of drug-likeness (QED) is 0.655. The SMILES string of the molecule is CCNC(=NCc1cc(C)no1)NCc1sc(C)nc1C. The van der Waals surface area contributed by atoms with Gasteiger partial charge in [-0.15, -0.1) is 11.3 Å². The molecule has 0 amide bonds. The van der Waals surface area contributed by atoms with Gasteiger partial charge in [0, 0.05) is 17.5 Å². The predicted octanol–water partition coefficient (Wildman–Crippen LogP) is 2.31. The van der Waals surface area contributed by atoms with Crippen LogP contribution in [0.1, 0.15) is 34.0 Å². The number of aryl methyl sites for hydroxylation is 3. The Kier molecular flexibility index (Phi) is 5.32.